The summed E-state index contributed by atoms with van der Waals surface area (Å²) in [6.07, 6.45) is 1.85. The van der Waals surface area contributed by atoms with E-state index >= 15 is 0 Å². The van der Waals surface area contributed by atoms with Gasteiger partial charge in [-0.25, -0.2) is 4.98 Å². The monoisotopic (exact) mass is 303 g/mol. The van der Waals surface area contributed by atoms with E-state index in [2.05, 4.69) is 22.4 Å². The van der Waals surface area contributed by atoms with Crippen LogP contribution >= 0.6 is 11.3 Å². The minimum atomic E-state index is 0.00798. The first kappa shape index (κ1) is 14.5. The molecular formula is C16H21N3OS. The van der Waals surface area contributed by atoms with Crippen LogP contribution in [0.3, 0.4) is 0 Å². The Morgan fingerprint density at radius 3 is 2.95 bits per heavy atom. The van der Waals surface area contributed by atoms with Gasteiger partial charge in [0, 0.05) is 37.5 Å². The molecule has 0 bridgehead atoms. The lowest BCUT2D eigenvalue weighted by Crippen LogP contribution is -2.25. The van der Waals surface area contributed by atoms with Crippen molar-refractivity contribution in [2.45, 2.75) is 18.9 Å². The molecule has 2 N–H and O–H groups in total. The molecule has 2 heterocycles. The predicted molar refractivity (Wildman–Crippen MR) is 86.8 cm³/mol. The molecule has 2 aromatic rings. The molecular weight excluding hydrogens is 282 g/mol. The second-order valence-corrected chi connectivity index (χ2v) is 6.13. The van der Waals surface area contributed by atoms with E-state index in [1.165, 1.54) is 0 Å². The van der Waals surface area contributed by atoms with Crippen LogP contribution in [-0.2, 0) is 11.2 Å². The van der Waals surface area contributed by atoms with Crippen LogP contribution in [0.4, 0.5) is 5.13 Å². The molecule has 112 valence electrons. The summed E-state index contributed by atoms with van der Waals surface area (Å²) in [7, 11) is 0. The summed E-state index contributed by atoms with van der Waals surface area (Å²) in [5.74, 6) is 0. The van der Waals surface area contributed by atoms with Gasteiger partial charge in [0.2, 0.25) is 0 Å². The molecule has 5 heteroatoms. The van der Waals surface area contributed by atoms with Crippen LogP contribution < -0.4 is 10.6 Å². The number of hydrogen-bond donors (Lipinski definition) is 1. The fraction of sp³-hybridized carbons (Fsp3) is 0.438. The third-order valence-corrected chi connectivity index (χ3v) is 4.64. The van der Waals surface area contributed by atoms with E-state index in [-0.39, 0.29) is 6.04 Å². The molecule has 1 fully saturated rings. The summed E-state index contributed by atoms with van der Waals surface area (Å²) < 4.78 is 5.49. The van der Waals surface area contributed by atoms with Crippen molar-refractivity contribution in [1.29, 1.82) is 0 Å². The molecule has 0 saturated carbocycles. The van der Waals surface area contributed by atoms with Crippen LogP contribution in [-0.4, -0.2) is 31.3 Å². The van der Waals surface area contributed by atoms with Gasteiger partial charge in [-0.3, -0.25) is 0 Å². The van der Waals surface area contributed by atoms with E-state index in [1.807, 2.05) is 18.2 Å². The van der Waals surface area contributed by atoms with E-state index in [4.69, 9.17) is 15.5 Å². The minimum absolute atomic E-state index is 0.00798. The molecule has 1 saturated heterocycles. The smallest absolute Gasteiger partial charge is 0.185 e. The Kier molecular flexibility index (Phi) is 4.85. The Morgan fingerprint density at radius 2 is 2.10 bits per heavy atom. The highest BCUT2D eigenvalue weighted by molar-refractivity contribution is 7.13. The third-order valence-electron chi connectivity index (χ3n) is 3.69. The largest absolute Gasteiger partial charge is 0.380 e. The molecule has 1 unspecified atom stereocenters. The number of aromatic nitrogens is 1. The van der Waals surface area contributed by atoms with Crippen molar-refractivity contribution >= 4 is 16.5 Å². The Bertz CT molecular complexity index is 550. The standard InChI is InChI=1S/C16H21N3OS/c17-15(13-5-2-1-3-6-13)11-14-12-21-16(18-14)19-7-4-9-20-10-8-19/h1-3,5-6,12,15H,4,7-11,17H2. The van der Waals surface area contributed by atoms with Gasteiger partial charge in [-0.15, -0.1) is 11.3 Å². The number of benzene rings is 1. The van der Waals surface area contributed by atoms with Gasteiger partial charge in [0.25, 0.3) is 0 Å². The van der Waals surface area contributed by atoms with Gasteiger partial charge in [0.15, 0.2) is 5.13 Å². The zero-order valence-electron chi connectivity index (χ0n) is 12.1. The van der Waals surface area contributed by atoms with Crippen LogP contribution in [0.2, 0.25) is 0 Å². The summed E-state index contributed by atoms with van der Waals surface area (Å²) in [5.41, 5.74) is 8.51. The van der Waals surface area contributed by atoms with E-state index in [0.717, 1.165) is 55.5 Å². The van der Waals surface area contributed by atoms with E-state index in [1.54, 1.807) is 11.3 Å². The van der Waals surface area contributed by atoms with Crippen molar-refractivity contribution in [2.75, 3.05) is 31.2 Å². The number of thiazole rings is 1. The molecule has 0 amide bonds. The number of hydrogen-bond acceptors (Lipinski definition) is 5. The number of nitrogens with zero attached hydrogens (tertiary/aromatic N) is 2. The average molecular weight is 303 g/mol. The highest BCUT2D eigenvalue weighted by Gasteiger charge is 2.15. The fourth-order valence-electron chi connectivity index (χ4n) is 2.52. The van der Waals surface area contributed by atoms with Crippen molar-refractivity contribution in [3.63, 3.8) is 0 Å². The van der Waals surface area contributed by atoms with Crippen molar-refractivity contribution in [3.8, 4) is 0 Å². The number of nitrogens with two attached hydrogens (primary N) is 1. The summed E-state index contributed by atoms with van der Waals surface area (Å²) in [4.78, 5) is 7.06. The SMILES string of the molecule is NC(Cc1csc(N2CCCOCC2)n1)c1ccccc1. The van der Waals surface area contributed by atoms with Gasteiger partial charge < -0.3 is 15.4 Å². The summed E-state index contributed by atoms with van der Waals surface area (Å²) in [6, 6.07) is 10.2. The molecule has 0 spiro atoms. The summed E-state index contributed by atoms with van der Waals surface area (Å²) in [5, 5.41) is 3.22. The quantitative estimate of drug-likeness (QED) is 0.943. The first-order valence-corrected chi connectivity index (χ1v) is 8.28. The molecule has 4 nitrogen and oxygen atoms in total. The van der Waals surface area contributed by atoms with Crippen molar-refractivity contribution in [1.82, 2.24) is 4.98 Å². The van der Waals surface area contributed by atoms with Gasteiger partial charge in [-0.1, -0.05) is 30.3 Å². The van der Waals surface area contributed by atoms with E-state index in [9.17, 15) is 0 Å². The fourth-order valence-corrected chi connectivity index (χ4v) is 3.41. The first-order chi connectivity index (χ1) is 10.3. The van der Waals surface area contributed by atoms with Crippen LogP contribution in [0, 0.1) is 0 Å². The Labute approximate surface area is 129 Å². The number of anilines is 1. The van der Waals surface area contributed by atoms with Crippen LogP contribution in [0.1, 0.15) is 23.7 Å². The molecule has 1 aromatic heterocycles. The Hall–Kier alpha value is -1.43. The van der Waals surface area contributed by atoms with E-state index < -0.39 is 0 Å². The molecule has 1 aliphatic rings. The van der Waals surface area contributed by atoms with Gasteiger partial charge in [0.05, 0.1) is 12.3 Å². The maximum Gasteiger partial charge on any atom is 0.185 e. The van der Waals surface area contributed by atoms with Crippen LogP contribution in [0.5, 0.6) is 0 Å². The van der Waals surface area contributed by atoms with Crippen LogP contribution in [0.15, 0.2) is 35.7 Å². The minimum Gasteiger partial charge on any atom is -0.380 e. The lowest BCUT2D eigenvalue weighted by atomic mass is 10.0. The molecule has 1 aromatic carbocycles. The molecule has 1 atom stereocenters. The van der Waals surface area contributed by atoms with Crippen LogP contribution in [0.25, 0.3) is 0 Å². The highest BCUT2D eigenvalue weighted by atomic mass is 32.1. The van der Waals surface area contributed by atoms with Gasteiger partial charge in [-0.2, -0.15) is 0 Å². The molecule has 0 radical (unpaired) electrons. The zero-order valence-corrected chi connectivity index (χ0v) is 12.9. The molecule has 21 heavy (non-hydrogen) atoms. The maximum atomic E-state index is 6.27. The second-order valence-electron chi connectivity index (χ2n) is 5.30. The number of rotatable bonds is 4. The van der Waals surface area contributed by atoms with Gasteiger partial charge in [0.1, 0.15) is 0 Å². The summed E-state index contributed by atoms with van der Waals surface area (Å²) >= 11 is 1.71. The first-order valence-electron chi connectivity index (χ1n) is 7.40. The van der Waals surface area contributed by atoms with Gasteiger partial charge >= 0.3 is 0 Å². The maximum absolute atomic E-state index is 6.27. The van der Waals surface area contributed by atoms with Crippen molar-refractivity contribution in [2.24, 2.45) is 5.73 Å². The third kappa shape index (κ3) is 3.81. The Balaban J connectivity index is 1.64. The average Bonchev–Trinajstić information content (AvgIpc) is 2.81. The lowest BCUT2D eigenvalue weighted by Gasteiger charge is -2.17. The second kappa shape index (κ2) is 7.02. The normalized spacial score (nSPS) is 17.5. The lowest BCUT2D eigenvalue weighted by molar-refractivity contribution is 0.152. The highest BCUT2D eigenvalue weighted by Crippen LogP contribution is 2.24. The molecule has 1 aliphatic heterocycles. The Morgan fingerprint density at radius 1 is 1.24 bits per heavy atom. The zero-order chi connectivity index (χ0) is 14.5. The van der Waals surface area contributed by atoms with Crippen molar-refractivity contribution in [3.05, 3.63) is 47.0 Å². The topological polar surface area (TPSA) is 51.4 Å². The number of ether oxygens (including phenoxy) is 1. The predicted octanol–water partition coefficient (Wildman–Crippen LogP) is 2.61. The molecule has 3 rings (SSSR count). The molecule has 0 aliphatic carbocycles. The van der Waals surface area contributed by atoms with Crippen molar-refractivity contribution < 1.29 is 4.74 Å². The van der Waals surface area contributed by atoms with E-state index in [0.29, 0.717) is 0 Å². The van der Waals surface area contributed by atoms with Gasteiger partial charge in [-0.05, 0) is 12.0 Å². The summed E-state index contributed by atoms with van der Waals surface area (Å²) in [6.45, 7) is 3.60.